The maximum Gasteiger partial charge on any atom is 0.289 e. The van der Waals surface area contributed by atoms with E-state index >= 15 is 0 Å². The third kappa shape index (κ3) is 2.52. The van der Waals surface area contributed by atoms with Gasteiger partial charge in [0.05, 0.1) is 6.61 Å². The minimum atomic E-state index is -1.25. The van der Waals surface area contributed by atoms with E-state index in [9.17, 15) is 10.2 Å². The maximum absolute atomic E-state index is 9.98. The van der Waals surface area contributed by atoms with Crippen LogP contribution in [-0.2, 0) is 4.74 Å². The Kier molecular flexibility index (Phi) is 3.87. The van der Waals surface area contributed by atoms with Crippen LogP contribution in [0, 0.1) is 4.84 Å². The van der Waals surface area contributed by atoms with Gasteiger partial charge in [-0.15, -0.1) is 5.10 Å². The van der Waals surface area contributed by atoms with Crippen molar-refractivity contribution < 1.29 is 24.5 Å². The monoisotopic (exact) mass is 310 g/mol. The van der Waals surface area contributed by atoms with Crippen LogP contribution in [0.2, 0.25) is 0 Å². The van der Waals surface area contributed by atoms with Gasteiger partial charge >= 0.3 is 0 Å². The molecule has 0 amide bonds. The van der Waals surface area contributed by atoms with Crippen molar-refractivity contribution in [3.63, 3.8) is 0 Å². The maximum atomic E-state index is 9.98. The zero-order valence-corrected chi connectivity index (χ0v) is 11.7. The van der Waals surface area contributed by atoms with E-state index in [-0.39, 0.29) is 4.84 Å². The molecule has 1 aliphatic rings. The molecule has 1 aliphatic heterocycles. The fraction of sp³-hybridized carbons (Fsp3) is 0.385. The summed E-state index contributed by atoms with van der Waals surface area (Å²) in [5.41, 5.74) is 0.731. The summed E-state index contributed by atoms with van der Waals surface area (Å²) >= 11 is 5.07. The molecule has 112 valence electrons. The van der Waals surface area contributed by atoms with E-state index < -0.39 is 31.1 Å². The standard InChI is InChI=1S/C13H14N2O5S/c16-6-8-9(17)10(18)12(19-8)15-13(21)20-11(14-15)7-4-2-1-3-5-7/h1-5,8-10,12,16-18H,6H2. The Balaban J connectivity index is 1.94. The second kappa shape index (κ2) is 5.66. The molecule has 0 radical (unpaired) electrons. The van der Waals surface area contributed by atoms with Crippen LogP contribution in [0.15, 0.2) is 34.7 Å². The summed E-state index contributed by atoms with van der Waals surface area (Å²) in [7, 11) is 0. The number of hydrogen-bond acceptors (Lipinski definition) is 7. The average molecular weight is 310 g/mol. The first-order valence-electron chi connectivity index (χ1n) is 6.39. The number of aliphatic hydroxyl groups excluding tert-OH is 3. The Hall–Kier alpha value is -1.58. The third-order valence-electron chi connectivity index (χ3n) is 3.35. The van der Waals surface area contributed by atoms with Gasteiger partial charge in [0.1, 0.15) is 18.3 Å². The minimum absolute atomic E-state index is 0.0173. The van der Waals surface area contributed by atoms with Crippen molar-refractivity contribution in [3.8, 4) is 11.5 Å². The molecule has 0 aliphatic carbocycles. The van der Waals surface area contributed by atoms with Crippen LogP contribution < -0.4 is 0 Å². The van der Waals surface area contributed by atoms with Crippen LogP contribution in [-0.4, -0.2) is 50.0 Å². The largest absolute Gasteiger partial charge is 0.409 e. The van der Waals surface area contributed by atoms with Crippen molar-refractivity contribution in [3.05, 3.63) is 35.2 Å². The molecule has 8 heteroatoms. The molecule has 3 N–H and O–H groups in total. The molecule has 4 unspecified atom stereocenters. The first-order chi connectivity index (χ1) is 10.1. The van der Waals surface area contributed by atoms with Crippen molar-refractivity contribution in [2.75, 3.05) is 6.61 Å². The zero-order valence-electron chi connectivity index (χ0n) is 10.9. The topological polar surface area (TPSA) is 101 Å². The average Bonchev–Trinajstić information content (AvgIpc) is 3.02. The molecule has 1 aromatic heterocycles. The smallest absolute Gasteiger partial charge is 0.289 e. The van der Waals surface area contributed by atoms with Gasteiger partial charge in [0.2, 0.25) is 5.89 Å². The van der Waals surface area contributed by atoms with E-state index in [2.05, 4.69) is 5.10 Å². The summed E-state index contributed by atoms with van der Waals surface area (Å²) in [5.74, 6) is 0.290. The Labute approximate surface area is 125 Å². The number of ether oxygens (including phenoxy) is 1. The Bertz CT molecular complexity index is 671. The molecule has 4 atom stereocenters. The molecule has 2 aromatic rings. The molecule has 1 saturated heterocycles. The lowest BCUT2D eigenvalue weighted by Crippen LogP contribution is -2.33. The normalized spacial score (nSPS) is 28.9. The molecule has 2 heterocycles. The van der Waals surface area contributed by atoms with E-state index in [0.29, 0.717) is 5.89 Å². The van der Waals surface area contributed by atoms with Gasteiger partial charge in [0.15, 0.2) is 6.23 Å². The van der Waals surface area contributed by atoms with Gasteiger partial charge in [-0.1, -0.05) is 18.2 Å². The molecule has 0 spiro atoms. The number of aromatic nitrogens is 2. The van der Waals surface area contributed by atoms with Crippen molar-refractivity contribution in [2.24, 2.45) is 0 Å². The summed E-state index contributed by atoms with van der Waals surface area (Å²) in [6, 6.07) is 9.14. The van der Waals surface area contributed by atoms with E-state index in [1.165, 1.54) is 4.68 Å². The van der Waals surface area contributed by atoms with E-state index in [4.69, 9.17) is 26.5 Å². The summed E-state index contributed by atoms with van der Waals surface area (Å²) in [6.45, 7) is -0.411. The number of benzene rings is 1. The highest BCUT2D eigenvalue weighted by molar-refractivity contribution is 7.71. The van der Waals surface area contributed by atoms with Crippen molar-refractivity contribution >= 4 is 12.2 Å². The lowest BCUT2D eigenvalue weighted by atomic mass is 10.1. The quantitative estimate of drug-likeness (QED) is 0.709. The second-order valence-corrected chi connectivity index (χ2v) is 5.06. The van der Waals surface area contributed by atoms with Crippen molar-refractivity contribution in [1.82, 2.24) is 9.78 Å². The van der Waals surface area contributed by atoms with E-state index in [0.717, 1.165) is 5.56 Å². The highest BCUT2D eigenvalue weighted by Gasteiger charge is 2.44. The van der Waals surface area contributed by atoms with Gasteiger partial charge in [-0.2, -0.15) is 4.68 Å². The number of aliphatic hydroxyl groups is 3. The summed E-state index contributed by atoms with van der Waals surface area (Å²) < 4.78 is 12.0. The fourth-order valence-electron chi connectivity index (χ4n) is 2.23. The van der Waals surface area contributed by atoms with Crippen LogP contribution in [0.4, 0.5) is 0 Å². The number of hydrogen-bond donors (Lipinski definition) is 3. The summed E-state index contributed by atoms with van der Waals surface area (Å²) in [4.78, 5) is 0.0173. The van der Waals surface area contributed by atoms with Crippen LogP contribution in [0.3, 0.4) is 0 Å². The lowest BCUT2D eigenvalue weighted by molar-refractivity contribution is -0.0602. The first-order valence-corrected chi connectivity index (χ1v) is 6.80. The molecule has 3 rings (SSSR count). The van der Waals surface area contributed by atoms with Crippen molar-refractivity contribution in [1.29, 1.82) is 0 Å². The summed E-state index contributed by atoms with van der Waals surface area (Å²) in [5, 5.41) is 33.0. The number of nitrogens with zero attached hydrogens (tertiary/aromatic N) is 2. The molecule has 0 bridgehead atoms. The third-order valence-corrected chi connectivity index (χ3v) is 3.62. The first kappa shape index (κ1) is 14.4. The summed E-state index contributed by atoms with van der Waals surface area (Å²) in [6.07, 6.45) is -4.34. The van der Waals surface area contributed by atoms with Crippen LogP contribution in [0.25, 0.3) is 11.5 Å². The van der Waals surface area contributed by atoms with Gasteiger partial charge in [-0.3, -0.25) is 0 Å². The fourth-order valence-corrected chi connectivity index (χ4v) is 2.45. The molecule has 1 fully saturated rings. The van der Waals surface area contributed by atoms with Crippen LogP contribution in [0.1, 0.15) is 6.23 Å². The lowest BCUT2D eigenvalue weighted by Gasteiger charge is -2.13. The van der Waals surface area contributed by atoms with E-state index in [1.807, 2.05) is 30.3 Å². The Morgan fingerprint density at radius 3 is 2.52 bits per heavy atom. The minimum Gasteiger partial charge on any atom is -0.409 e. The highest BCUT2D eigenvalue weighted by atomic mass is 32.1. The van der Waals surface area contributed by atoms with Gasteiger partial charge in [-0.05, 0) is 24.4 Å². The highest BCUT2D eigenvalue weighted by Crippen LogP contribution is 2.30. The molecule has 1 aromatic carbocycles. The molecular formula is C13H14N2O5S. The van der Waals surface area contributed by atoms with Gasteiger partial charge in [0, 0.05) is 5.56 Å². The SMILES string of the molecule is OCC1OC(n2nc(-c3ccccc3)oc2=S)C(O)C1O. The van der Waals surface area contributed by atoms with Gasteiger partial charge in [-0.25, -0.2) is 0 Å². The number of rotatable bonds is 3. The Morgan fingerprint density at radius 1 is 1.19 bits per heavy atom. The van der Waals surface area contributed by atoms with Gasteiger partial charge < -0.3 is 24.5 Å². The molecule has 7 nitrogen and oxygen atoms in total. The predicted octanol–water partition coefficient (Wildman–Crippen LogP) is 0.484. The van der Waals surface area contributed by atoms with Crippen LogP contribution in [0.5, 0.6) is 0 Å². The molecule has 0 saturated carbocycles. The van der Waals surface area contributed by atoms with E-state index in [1.54, 1.807) is 0 Å². The second-order valence-electron chi connectivity index (χ2n) is 4.71. The van der Waals surface area contributed by atoms with Gasteiger partial charge in [0.25, 0.3) is 4.84 Å². The predicted molar refractivity (Wildman–Crippen MR) is 73.8 cm³/mol. The Morgan fingerprint density at radius 2 is 1.90 bits per heavy atom. The zero-order chi connectivity index (χ0) is 15.0. The molecule has 21 heavy (non-hydrogen) atoms. The van der Waals surface area contributed by atoms with Crippen LogP contribution >= 0.6 is 12.2 Å². The molecular weight excluding hydrogens is 296 g/mol. The van der Waals surface area contributed by atoms with Crippen molar-refractivity contribution in [2.45, 2.75) is 24.5 Å².